The fraction of sp³-hybridized carbons (Fsp3) is 0.133. The molecule has 1 aromatic heterocycles. The Bertz CT molecular complexity index is 779. The van der Waals surface area contributed by atoms with Gasteiger partial charge < -0.3 is 15.7 Å². The Morgan fingerprint density at radius 3 is 2.71 bits per heavy atom. The molecule has 24 heavy (non-hydrogen) atoms. The van der Waals surface area contributed by atoms with Crippen LogP contribution < -0.4 is 10.6 Å². The molecule has 1 atom stereocenters. The number of carbonyl (C=O) groups is 2. The summed E-state index contributed by atoms with van der Waals surface area (Å²) in [5.41, 5.74) is 0.549. The normalized spacial score (nSPS) is 18.4. The number of anilines is 1. The largest absolute Gasteiger partial charge is 0.508 e. The predicted octanol–water partition coefficient (Wildman–Crippen LogP) is 1.43. The summed E-state index contributed by atoms with van der Waals surface area (Å²) in [5.74, 6) is -0.224. The van der Waals surface area contributed by atoms with Gasteiger partial charge in [-0.2, -0.15) is 4.99 Å². The van der Waals surface area contributed by atoms with Crippen LogP contribution in [-0.4, -0.2) is 37.3 Å². The van der Waals surface area contributed by atoms with Crippen molar-refractivity contribution in [3.63, 3.8) is 0 Å². The number of thioether (sulfide) groups is 1. The highest BCUT2D eigenvalue weighted by atomic mass is 32.2. The Morgan fingerprint density at radius 2 is 2.00 bits per heavy atom. The summed E-state index contributed by atoms with van der Waals surface area (Å²) in [7, 11) is 0. The lowest BCUT2D eigenvalue weighted by Crippen LogP contribution is -2.28. The number of phenolic OH excluding ortho intramolecular Hbond substituents is 1. The quantitative estimate of drug-likeness (QED) is 0.723. The number of amides is 2. The SMILES string of the molecule is O=C(CC1S/C(=N\c2ncccn2)NC1=O)Nc1ccc(O)cc1. The predicted molar refractivity (Wildman–Crippen MR) is 90.0 cm³/mol. The van der Waals surface area contributed by atoms with E-state index < -0.39 is 5.25 Å². The monoisotopic (exact) mass is 343 g/mol. The average Bonchev–Trinajstić information content (AvgIpc) is 2.90. The van der Waals surface area contributed by atoms with Crippen molar-refractivity contribution < 1.29 is 14.7 Å². The zero-order valence-electron chi connectivity index (χ0n) is 12.3. The van der Waals surface area contributed by atoms with Crippen molar-refractivity contribution in [2.24, 2.45) is 4.99 Å². The first kappa shape index (κ1) is 15.9. The number of aromatic hydroxyl groups is 1. The fourth-order valence-electron chi connectivity index (χ4n) is 1.96. The molecular weight excluding hydrogens is 330 g/mol. The van der Waals surface area contributed by atoms with E-state index in [9.17, 15) is 14.7 Å². The molecule has 2 amide bonds. The number of amidine groups is 1. The van der Waals surface area contributed by atoms with Gasteiger partial charge in [0, 0.05) is 24.5 Å². The molecule has 0 aliphatic carbocycles. The van der Waals surface area contributed by atoms with E-state index in [0.29, 0.717) is 10.9 Å². The second-order valence-electron chi connectivity index (χ2n) is 4.86. The van der Waals surface area contributed by atoms with Crippen LogP contribution in [-0.2, 0) is 9.59 Å². The second-order valence-corrected chi connectivity index (χ2v) is 6.05. The third kappa shape index (κ3) is 4.07. The lowest BCUT2D eigenvalue weighted by atomic mass is 10.2. The fourth-order valence-corrected chi connectivity index (χ4v) is 2.92. The van der Waals surface area contributed by atoms with Crippen LogP contribution in [0.15, 0.2) is 47.7 Å². The van der Waals surface area contributed by atoms with Crippen LogP contribution in [0, 0.1) is 0 Å². The van der Waals surface area contributed by atoms with Crippen molar-refractivity contribution in [2.45, 2.75) is 11.7 Å². The maximum atomic E-state index is 12.0. The van der Waals surface area contributed by atoms with Gasteiger partial charge in [-0.1, -0.05) is 11.8 Å². The molecule has 0 saturated carbocycles. The first-order chi connectivity index (χ1) is 11.6. The smallest absolute Gasteiger partial charge is 0.251 e. The summed E-state index contributed by atoms with van der Waals surface area (Å²) in [6.07, 6.45) is 3.11. The van der Waals surface area contributed by atoms with Gasteiger partial charge in [-0.15, -0.1) is 0 Å². The van der Waals surface area contributed by atoms with Crippen LogP contribution in [0.3, 0.4) is 0 Å². The molecule has 0 bridgehead atoms. The molecule has 1 aromatic carbocycles. The van der Waals surface area contributed by atoms with Crippen LogP contribution in [0.4, 0.5) is 11.6 Å². The second kappa shape index (κ2) is 7.09. The molecule has 1 unspecified atom stereocenters. The first-order valence-corrected chi connectivity index (χ1v) is 7.90. The number of phenols is 1. The highest BCUT2D eigenvalue weighted by Gasteiger charge is 2.32. The van der Waals surface area contributed by atoms with Gasteiger partial charge in [0.25, 0.3) is 5.95 Å². The minimum atomic E-state index is -0.565. The molecule has 9 heteroatoms. The van der Waals surface area contributed by atoms with Gasteiger partial charge in [-0.05, 0) is 30.3 Å². The van der Waals surface area contributed by atoms with Crippen molar-refractivity contribution >= 4 is 40.4 Å². The number of nitrogens with one attached hydrogen (secondary N) is 2. The molecule has 0 spiro atoms. The number of benzene rings is 1. The molecule has 2 heterocycles. The van der Waals surface area contributed by atoms with Gasteiger partial charge in [0.1, 0.15) is 11.0 Å². The topological polar surface area (TPSA) is 117 Å². The van der Waals surface area contributed by atoms with E-state index in [4.69, 9.17) is 0 Å². The molecule has 1 aliphatic heterocycles. The molecule has 2 aromatic rings. The van der Waals surface area contributed by atoms with E-state index in [2.05, 4.69) is 25.6 Å². The van der Waals surface area contributed by atoms with Crippen LogP contribution in [0.5, 0.6) is 5.75 Å². The zero-order valence-corrected chi connectivity index (χ0v) is 13.2. The summed E-state index contributed by atoms with van der Waals surface area (Å²) in [6, 6.07) is 7.76. The Labute approximate surface area is 141 Å². The van der Waals surface area contributed by atoms with Gasteiger partial charge in [0.15, 0.2) is 5.17 Å². The van der Waals surface area contributed by atoms with Gasteiger partial charge in [0.2, 0.25) is 11.8 Å². The number of nitrogens with zero attached hydrogens (tertiary/aromatic N) is 3. The molecule has 1 saturated heterocycles. The number of aromatic nitrogens is 2. The van der Waals surface area contributed by atoms with Gasteiger partial charge >= 0.3 is 0 Å². The Kier molecular flexibility index (Phi) is 4.71. The van der Waals surface area contributed by atoms with Crippen molar-refractivity contribution in [3.05, 3.63) is 42.7 Å². The summed E-state index contributed by atoms with van der Waals surface area (Å²) in [5, 5.41) is 14.3. The van der Waals surface area contributed by atoms with E-state index in [0.717, 1.165) is 11.8 Å². The van der Waals surface area contributed by atoms with E-state index in [1.807, 2.05) is 0 Å². The lowest BCUT2D eigenvalue weighted by molar-refractivity contribution is -0.122. The maximum Gasteiger partial charge on any atom is 0.251 e. The Balaban J connectivity index is 1.59. The van der Waals surface area contributed by atoms with Gasteiger partial charge in [-0.3, -0.25) is 9.59 Å². The van der Waals surface area contributed by atoms with E-state index >= 15 is 0 Å². The lowest BCUT2D eigenvalue weighted by Gasteiger charge is -2.07. The third-order valence-electron chi connectivity index (χ3n) is 3.05. The van der Waals surface area contributed by atoms with Crippen LogP contribution in [0.2, 0.25) is 0 Å². The molecule has 122 valence electrons. The summed E-state index contributed by atoms with van der Waals surface area (Å²) in [6.45, 7) is 0. The summed E-state index contributed by atoms with van der Waals surface area (Å²) in [4.78, 5) is 36.0. The third-order valence-corrected chi connectivity index (χ3v) is 4.13. The highest BCUT2D eigenvalue weighted by molar-refractivity contribution is 8.15. The molecule has 8 nitrogen and oxygen atoms in total. The molecule has 3 N–H and O–H groups in total. The minimum absolute atomic E-state index is 0.00600. The molecule has 3 rings (SSSR count). The van der Waals surface area contributed by atoms with Crippen LogP contribution in [0.25, 0.3) is 0 Å². The number of carbonyl (C=O) groups excluding carboxylic acids is 2. The Morgan fingerprint density at radius 1 is 1.29 bits per heavy atom. The highest BCUT2D eigenvalue weighted by Crippen LogP contribution is 2.24. The number of rotatable bonds is 4. The molecule has 1 fully saturated rings. The van der Waals surface area contributed by atoms with Crippen LogP contribution >= 0.6 is 11.8 Å². The number of aliphatic imine (C=N–C) groups is 1. The van der Waals surface area contributed by atoms with E-state index in [1.54, 1.807) is 30.6 Å². The number of hydrogen-bond donors (Lipinski definition) is 3. The van der Waals surface area contributed by atoms with Crippen LogP contribution in [0.1, 0.15) is 6.42 Å². The first-order valence-electron chi connectivity index (χ1n) is 7.02. The number of hydrogen-bond acceptors (Lipinski definition) is 7. The van der Waals surface area contributed by atoms with Crippen molar-refractivity contribution in [2.75, 3.05) is 5.32 Å². The molecule has 0 radical (unpaired) electrons. The Hall–Kier alpha value is -2.94. The standard InChI is InChI=1S/C15H13N5O3S/c21-10-4-2-9(3-5-10)18-12(22)8-11-13(23)19-15(24-11)20-14-16-6-1-7-17-14/h1-7,11,21H,8H2,(H,18,22)(H,16,17,19,20,23). The van der Waals surface area contributed by atoms with Crippen molar-refractivity contribution in [1.29, 1.82) is 0 Å². The summed E-state index contributed by atoms with van der Waals surface area (Å²) >= 11 is 1.16. The molecular formula is C15H13N5O3S. The van der Waals surface area contributed by atoms with Crippen molar-refractivity contribution in [1.82, 2.24) is 15.3 Å². The van der Waals surface area contributed by atoms with Gasteiger partial charge in [0.05, 0.1) is 0 Å². The summed E-state index contributed by atoms with van der Waals surface area (Å²) < 4.78 is 0. The average molecular weight is 343 g/mol. The molecule has 1 aliphatic rings. The minimum Gasteiger partial charge on any atom is -0.508 e. The van der Waals surface area contributed by atoms with Crippen molar-refractivity contribution in [3.8, 4) is 5.75 Å². The van der Waals surface area contributed by atoms with Gasteiger partial charge in [-0.25, -0.2) is 9.97 Å². The van der Waals surface area contributed by atoms with E-state index in [1.165, 1.54) is 12.1 Å². The zero-order chi connectivity index (χ0) is 16.9. The maximum absolute atomic E-state index is 12.0. The van der Waals surface area contributed by atoms with E-state index in [-0.39, 0.29) is 29.9 Å².